The van der Waals surface area contributed by atoms with Gasteiger partial charge in [0.1, 0.15) is 0 Å². The van der Waals surface area contributed by atoms with Crippen molar-refractivity contribution in [1.29, 1.82) is 0 Å². The summed E-state index contributed by atoms with van der Waals surface area (Å²) in [6.45, 7) is 10.7. The molecule has 3 heteroatoms. The molecule has 0 spiro atoms. The van der Waals surface area contributed by atoms with Crippen LogP contribution in [0.15, 0.2) is 12.3 Å². The highest BCUT2D eigenvalue weighted by Crippen LogP contribution is 2.23. The number of hydrogen-bond acceptors (Lipinski definition) is 3. The monoisotopic (exact) mass is 250 g/mol. The summed E-state index contributed by atoms with van der Waals surface area (Å²) < 4.78 is 0. The van der Waals surface area contributed by atoms with Crippen LogP contribution in [0.25, 0.3) is 0 Å². The van der Waals surface area contributed by atoms with Crippen molar-refractivity contribution in [3.05, 3.63) is 23.5 Å². The fourth-order valence-corrected chi connectivity index (χ4v) is 2.25. The van der Waals surface area contributed by atoms with Gasteiger partial charge in [0.2, 0.25) is 0 Å². The maximum atomic E-state index is 9.44. The second-order valence-corrected chi connectivity index (χ2v) is 4.83. The minimum Gasteiger partial charge on any atom is -0.392 e. The van der Waals surface area contributed by atoms with Crippen molar-refractivity contribution >= 4 is 5.69 Å². The van der Waals surface area contributed by atoms with Gasteiger partial charge in [-0.3, -0.25) is 4.98 Å². The van der Waals surface area contributed by atoms with E-state index < -0.39 is 0 Å². The summed E-state index contributed by atoms with van der Waals surface area (Å²) in [4.78, 5) is 6.62. The van der Waals surface area contributed by atoms with Crippen LogP contribution in [0, 0.1) is 12.8 Å². The van der Waals surface area contributed by atoms with Gasteiger partial charge in [0.15, 0.2) is 0 Å². The summed E-state index contributed by atoms with van der Waals surface area (Å²) >= 11 is 0. The number of aliphatic hydroxyl groups is 1. The highest BCUT2D eigenvalue weighted by atomic mass is 16.3. The van der Waals surface area contributed by atoms with E-state index in [2.05, 4.69) is 36.7 Å². The molecule has 0 radical (unpaired) electrons. The summed E-state index contributed by atoms with van der Waals surface area (Å²) in [5.74, 6) is 0.713. The van der Waals surface area contributed by atoms with Crippen molar-refractivity contribution in [3.8, 4) is 0 Å². The Morgan fingerprint density at radius 2 is 1.94 bits per heavy atom. The molecule has 0 atom stereocenters. The van der Waals surface area contributed by atoms with Crippen molar-refractivity contribution < 1.29 is 5.11 Å². The first-order chi connectivity index (χ1) is 8.65. The molecule has 1 heterocycles. The Balaban J connectivity index is 2.96. The van der Waals surface area contributed by atoms with Crippen LogP contribution in [0.2, 0.25) is 0 Å². The fourth-order valence-electron chi connectivity index (χ4n) is 2.25. The first kappa shape index (κ1) is 15.0. The van der Waals surface area contributed by atoms with Gasteiger partial charge in [-0.1, -0.05) is 26.7 Å². The lowest BCUT2D eigenvalue weighted by atomic mass is 10.0. The molecule has 1 N–H and O–H groups in total. The minimum absolute atomic E-state index is 0.0576. The normalized spacial score (nSPS) is 11.0. The summed E-state index contributed by atoms with van der Waals surface area (Å²) in [6.07, 6.45) is 4.19. The molecule has 0 unspecified atom stereocenters. The highest BCUT2D eigenvalue weighted by molar-refractivity contribution is 5.53. The van der Waals surface area contributed by atoms with Crippen LogP contribution in [-0.2, 0) is 6.61 Å². The van der Waals surface area contributed by atoms with Gasteiger partial charge in [-0.15, -0.1) is 0 Å². The predicted octanol–water partition coefficient (Wildman–Crippen LogP) is 3.14. The Bertz CT molecular complexity index is 362. The van der Waals surface area contributed by atoms with Gasteiger partial charge >= 0.3 is 0 Å². The second-order valence-electron chi connectivity index (χ2n) is 4.83. The summed E-state index contributed by atoms with van der Waals surface area (Å²) in [5, 5.41) is 9.44. The van der Waals surface area contributed by atoms with Crippen molar-refractivity contribution in [2.75, 3.05) is 18.0 Å². The number of pyridine rings is 1. The van der Waals surface area contributed by atoms with E-state index >= 15 is 0 Å². The van der Waals surface area contributed by atoms with Crippen molar-refractivity contribution in [3.63, 3.8) is 0 Å². The fraction of sp³-hybridized carbons (Fsp3) is 0.667. The van der Waals surface area contributed by atoms with E-state index in [1.54, 1.807) is 6.20 Å². The summed E-state index contributed by atoms with van der Waals surface area (Å²) in [7, 11) is 0. The van der Waals surface area contributed by atoms with Gasteiger partial charge in [0.05, 0.1) is 6.61 Å². The average Bonchev–Trinajstić information content (AvgIpc) is 2.40. The maximum Gasteiger partial charge on any atom is 0.0717 e. The number of aliphatic hydroxyl groups excluding tert-OH is 1. The third kappa shape index (κ3) is 3.70. The molecule has 1 aromatic rings. The third-order valence-corrected chi connectivity index (χ3v) is 3.62. The topological polar surface area (TPSA) is 36.4 Å². The van der Waals surface area contributed by atoms with E-state index in [9.17, 15) is 5.11 Å². The van der Waals surface area contributed by atoms with E-state index in [0.717, 1.165) is 30.0 Å². The molecular formula is C15H26N2O. The molecule has 1 aromatic heterocycles. The Hall–Kier alpha value is -1.09. The van der Waals surface area contributed by atoms with Crippen LogP contribution in [0.5, 0.6) is 0 Å². The quantitative estimate of drug-likeness (QED) is 0.807. The van der Waals surface area contributed by atoms with Crippen LogP contribution in [0.4, 0.5) is 5.69 Å². The van der Waals surface area contributed by atoms with E-state index in [1.807, 2.05) is 6.92 Å². The zero-order valence-electron chi connectivity index (χ0n) is 12.1. The standard InChI is InChI=1S/C15H26N2O/c1-5-13(6-2)10-17(7-3)15-8-12(4)16-9-14(15)11-18/h8-9,13,18H,5-7,10-11H2,1-4H3. The van der Waals surface area contributed by atoms with Crippen LogP contribution in [0.3, 0.4) is 0 Å². The lowest BCUT2D eigenvalue weighted by Gasteiger charge is -2.29. The van der Waals surface area contributed by atoms with Gasteiger partial charge in [0.25, 0.3) is 0 Å². The largest absolute Gasteiger partial charge is 0.392 e. The lowest BCUT2D eigenvalue weighted by molar-refractivity contribution is 0.281. The van der Waals surface area contributed by atoms with Crippen LogP contribution in [-0.4, -0.2) is 23.2 Å². The van der Waals surface area contributed by atoms with E-state index in [0.29, 0.717) is 5.92 Å². The zero-order valence-corrected chi connectivity index (χ0v) is 12.1. The van der Waals surface area contributed by atoms with Crippen molar-refractivity contribution in [2.24, 2.45) is 5.92 Å². The van der Waals surface area contributed by atoms with Gasteiger partial charge < -0.3 is 10.0 Å². The maximum absolute atomic E-state index is 9.44. The molecule has 0 saturated carbocycles. The molecule has 1 rings (SSSR count). The Morgan fingerprint density at radius 3 is 2.44 bits per heavy atom. The molecule has 0 fully saturated rings. The molecule has 102 valence electrons. The summed E-state index contributed by atoms with van der Waals surface area (Å²) in [5.41, 5.74) is 3.07. The van der Waals surface area contributed by atoms with E-state index in [4.69, 9.17) is 0 Å². The number of rotatable bonds is 7. The van der Waals surface area contributed by atoms with Crippen molar-refractivity contribution in [2.45, 2.75) is 47.1 Å². The first-order valence-electron chi connectivity index (χ1n) is 6.97. The molecule has 0 aliphatic rings. The van der Waals surface area contributed by atoms with Gasteiger partial charge in [-0.05, 0) is 25.8 Å². The zero-order chi connectivity index (χ0) is 13.5. The van der Waals surface area contributed by atoms with Crippen LogP contribution >= 0.6 is 0 Å². The molecule has 0 aromatic carbocycles. The number of nitrogens with zero attached hydrogens (tertiary/aromatic N) is 2. The number of aromatic nitrogens is 1. The Kier molecular flexibility index (Phi) is 6.13. The van der Waals surface area contributed by atoms with E-state index in [-0.39, 0.29) is 6.61 Å². The first-order valence-corrected chi connectivity index (χ1v) is 6.97. The van der Waals surface area contributed by atoms with E-state index in [1.165, 1.54) is 12.8 Å². The smallest absolute Gasteiger partial charge is 0.0717 e. The molecule has 0 aliphatic carbocycles. The predicted molar refractivity (Wildman–Crippen MR) is 76.9 cm³/mol. The summed E-state index contributed by atoms with van der Waals surface area (Å²) in [6, 6.07) is 2.08. The van der Waals surface area contributed by atoms with Gasteiger partial charge in [-0.25, -0.2) is 0 Å². The lowest BCUT2D eigenvalue weighted by Crippen LogP contribution is -2.30. The molecule has 0 bridgehead atoms. The van der Waals surface area contributed by atoms with Gasteiger partial charge in [-0.2, -0.15) is 0 Å². The minimum atomic E-state index is 0.0576. The average molecular weight is 250 g/mol. The highest BCUT2D eigenvalue weighted by Gasteiger charge is 2.14. The SMILES string of the molecule is CCC(CC)CN(CC)c1cc(C)ncc1CO. The molecule has 0 amide bonds. The molecule has 18 heavy (non-hydrogen) atoms. The third-order valence-electron chi connectivity index (χ3n) is 3.62. The Labute approximate surface area is 111 Å². The number of hydrogen-bond donors (Lipinski definition) is 1. The Morgan fingerprint density at radius 1 is 1.28 bits per heavy atom. The molecule has 3 nitrogen and oxygen atoms in total. The van der Waals surface area contributed by atoms with Gasteiger partial charge in [0, 0.05) is 36.2 Å². The molecule has 0 aliphatic heterocycles. The number of aryl methyl sites for hydroxylation is 1. The van der Waals surface area contributed by atoms with Crippen LogP contribution < -0.4 is 4.90 Å². The van der Waals surface area contributed by atoms with Crippen LogP contribution in [0.1, 0.15) is 44.9 Å². The number of anilines is 1. The molecule has 0 saturated heterocycles. The molecular weight excluding hydrogens is 224 g/mol. The second kappa shape index (κ2) is 7.37. The van der Waals surface area contributed by atoms with Crippen molar-refractivity contribution in [1.82, 2.24) is 4.98 Å².